The number of ether oxygens (including phenoxy) is 3. The number of hydrogen-bond acceptors (Lipinski definition) is 14. The van der Waals surface area contributed by atoms with Gasteiger partial charge in [0.1, 0.15) is 36.0 Å². The summed E-state index contributed by atoms with van der Waals surface area (Å²) >= 11 is 0. The molecule has 12 atom stereocenters. The Bertz CT molecular complexity index is 1810. The topological polar surface area (TPSA) is 195 Å². The van der Waals surface area contributed by atoms with Gasteiger partial charge in [-0.05, 0) is 110 Å². The number of fused-ring (bicyclic) bond motifs is 5. The number of carbonyl (C=O) groups excluding carboxylic acids is 3. The number of cyclic esters (lactones) is 1. The molecule has 1 aliphatic carbocycles. The van der Waals surface area contributed by atoms with Gasteiger partial charge in [0.15, 0.2) is 17.8 Å². The Morgan fingerprint density at radius 3 is 2.47 bits per heavy atom. The summed E-state index contributed by atoms with van der Waals surface area (Å²) in [5.41, 5.74) is 0.363. The van der Waals surface area contributed by atoms with E-state index in [1.165, 1.54) is 6.92 Å². The largest absolute Gasteiger partial charge is 0.459 e. The van der Waals surface area contributed by atoms with Crippen LogP contribution in [0.3, 0.4) is 0 Å². The van der Waals surface area contributed by atoms with Crippen molar-refractivity contribution >= 4 is 29.1 Å². The van der Waals surface area contributed by atoms with E-state index in [-0.39, 0.29) is 55.6 Å². The molecule has 2 N–H and O–H groups in total. The van der Waals surface area contributed by atoms with Crippen molar-refractivity contribution < 1.29 is 48.2 Å². The number of hydrogen-bond donors (Lipinski definition) is 2. The number of likely N-dealkylation sites (N-methyl/N-ethyl adjacent to an activating group) is 1. The van der Waals surface area contributed by atoms with E-state index in [0.29, 0.717) is 55.7 Å². The molecule has 5 rings (SSSR count). The molecule has 0 spiro atoms. The molecule has 2 aromatic heterocycles. The smallest absolute Gasteiger partial charge is 0.316 e. The van der Waals surface area contributed by atoms with Gasteiger partial charge in [-0.3, -0.25) is 19.4 Å². The van der Waals surface area contributed by atoms with Gasteiger partial charge in [0.05, 0.1) is 24.1 Å². The second-order valence-corrected chi connectivity index (χ2v) is 18.0. The van der Waals surface area contributed by atoms with Gasteiger partial charge in [-0.2, -0.15) is 0 Å². The number of ketones is 1. The van der Waals surface area contributed by atoms with Crippen LogP contribution >= 0.6 is 0 Å². The van der Waals surface area contributed by atoms with Gasteiger partial charge in [0.25, 0.3) is 0 Å². The molecule has 332 valence electrons. The molecule has 15 nitrogen and oxygen atoms in total. The number of aliphatic hydroxyl groups is 2. The lowest BCUT2D eigenvalue weighted by Crippen LogP contribution is -2.57. The summed E-state index contributed by atoms with van der Waals surface area (Å²) < 4.78 is 24.5. The van der Waals surface area contributed by atoms with Crippen LogP contribution < -0.4 is 0 Å². The number of pyridine rings is 1. The summed E-state index contributed by atoms with van der Waals surface area (Å²) in [7, 11) is 3.80. The van der Waals surface area contributed by atoms with Crippen LogP contribution in [0.2, 0.25) is 0 Å². The van der Waals surface area contributed by atoms with Crippen molar-refractivity contribution in [3.63, 3.8) is 0 Å². The highest BCUT2D eigenvalue weighted by atomic mass is 16.7. The Morgan fingerprint density at radius 1 is 1.08 bits per heavy atom. The van der Waals surface area contributed by atoms with Crippen LogP contribution in [0.4, 0.5) is 0 Å². The van der Waals surface area contributed by atoms with Gasteiger partial charge in [0.2, 0.25) is 5.91 Å². The number of carbonyl (C=O) groups is 3. The van der Waals surface area contributed by atoms with Crippen molar-refractivity contribution in [1.82, 2.24) is 15.0 Å². The molecule has 0 radical (unpaired) electrons. The third-order valence-corrected chi connectivity index (χ3v) is 13.1. The Labute approximate surface area is 354 Å². The van der Waals surface area contributed by atoms with Gasteiger partial charge in [-0.1, -0.05) is 51.0 Å². The predicted octanol–water partition coefficient (Wildman–Crippen LogP) is 6.34. The van der Waals surface area contributed by atoms with E-state index < -0.39 is 59.3 Å². The second kappa shape index (κ2) is 20.3. The lowest BCUT2D eigenvalue weighted by Gasteiger charge is -2.47. The van der Waals surface area contributed by atoms with Crippen molar-refractivity contribution in [2.24, 2.45) is 39.2 Å². The number of amides is 1. The maximum atomic E-state index is 14.6. The summed E-state index contributed by atoms with van der Waals surface area (Å²) in [4.78, 5) is 58.7. The van der Waals surface area contributed by atoms with Crippen LogP contribution in [0.1, 0.15) is 119 Å². The molecule has 60 heavy (non-hydrogen) atoms. The Hall–Kier alpha value is -3.89. The first-order valence-electron chi connectivity index (χ1n) is 21.6. The van der Waals surface area contributed by atoms with Crippen LogP contribution in [-0.2, 0) is 40.0 Å². The van der Waals surface area contributed by atoms with E-state index in [2.05, 4.69) is 15.1 Å². The normalized spacial score (nSPS) is 36.4. The number of nitrogens with zero attached hydrogens (tertiary/aromatic N) is 5. The van der Waals surface area contributed by atoms with E-state index in [0.717, 1.165) is 11.3 Å². The van der Waals surface area contributed by atoms with E-state index >= 15 is 0 Å². The van der Waals surface area contributed by atoms with Crippen molar-refractivity contribution in [1.29, 1.82) is 0 Å². The molecule has 1 amide bonds. The van der Waals surface area contributed by atoms with Crippen LogP contribution in [0.25, 0.3) is 11.5 Å². The highest BCUT2D eigenvalue weighted by molar-refractivity contribution is 6.00. The number of aromatic nitrogens is 2. The zero-order valence-electron chi connectivity index (χ0n) is 37.1. The van der Waals surface area contributed by atoms with Gasteiger partial charge in [-0.25, -0.2) is 4.99 Å². The third-order valence-electron chi connectivity index (χ3n) is 13.1. The van der Waals surface area contributed by atoms with Gasteiger partial charge < -0.3 is 38.7 Å². The molecule has 2 saturated heterocycles. The maximum absolute atomic E-state index is 14.6. The quantitative estimate of drug-likeness (QED) is 0.162. The third kappa shape index (κ3) is 11.1. The first-order chi connectivity index (χ1) is 28.4. The summed E-state index contributed by atoms with van der Waals surface area (Å²) in [6.45, 7) is 14.7. The van der Waals surface area contributed by atoms with Crippen molar-refractivity contribution in [2.75, 3.05) is 14.1 Å². The second-order valence-electron chi connectivity index (χ2n) is 18.0. The number of Topliss-reactive ketones (excluding diaryl/α,β-unsaturated/α-hetero) is 1. The standard InChI is InChI=1S/C45H67N5O10/c1-11-37-45(8,55)31-14-15-32(49-56-25-30-13-16-33(46-24-30)36-18-20-47-60-36)17-19-44(7,23-26(3)34(22-31)48-38(51)12-2)41(28(5)39(52)29(6)42(54)58-37)59-43-40(53)35(50(9)10)21-27(4)57-43/h13,16,18,20,24,26-29,31,35,37,40-41,43,53,55H,11-12,14-15,17,19,21-23,25H2,1-10H3/b48-34?,49-32+/t26-,27-,28+,29-,31-,35+,37-,40-,41-,43+,44-,45+/m1/s1. The minimum absolute atomic E-state index is 0.143. The van der Waals surface area contributed by atoms with E-state index in [9.17, 15) is 24.6 Å². The first kappa shape index (κ1) is 47.2. The number of rotatable bonds is 9. The molecule has 3 aliphatic rings. The van der Waals surface area contributed by atoms with Gasteiger partial charge in [0, 0.05) is 41.9 Å². The van der Waals surface area contributed by atoms with Crippen molar-refractivity contribution in [2.45, 2.75) is 162 Å². The first-order valence-corrected chi connectivity index (χ1v) is 21.6. The molecule has 2 aromatic rings. The predicted molar refractivity (Wildman–Crippen MR) is 225 cm³/mol. The summed E-state index contributed by atoms with van der Waals surface area (Å²) in [5, 5.41) is 32.6. The average Bonchev–Trinajstić information content (AvgIpc) is 3.76. The van der Waals surface area contributed by atoms with E-state index in [4.69, 9.17) is 28.7 Å². The van der Waals surface area contributed by atoms with Crippen molar-refractivity contribution in [3.8, 4) is 11.5 Å². The highest BCUT2D eigenvalue weighted by Gasteiger charge is 2.50. The molecule has 0 aromatic carbocycles. The zero-order chi connectivity index (χ0) is 43.9. The molecule has 2 aliphatic heterocycles. The van der Waals surface area contributed by atoms with Gasteiger partial charge >= 0.3 is 5.97 Å². The Kier molecular flexibility index (Phi) is 16.0. The minimum atomic E-state index is -1.57. The molecule has 15 heteroatoms. The van der Waals surface area contributed by atoms with Crippen molar-refractivity contribution in [3.05, 3.63) is 36.2 Å². The molecular weight excluding hydrogens is 771 g/mol. The Morgan fingerprint density at radius 2 is 1.83 bits per heavy atom. The van der Waals surface area contributed by atoms with Crippen LogP contribution in [-0.4, -0.2) is 111 Å². The maximum Gasteiger partial charge on any atom is 0.316 e. The highest BCUT2D eigenvalue weighted by Crippen LogP contribution is 2.45. The monoisotopic (exact) mass is 837 g/mol. The molecule has 4 heterocycles. The SMILES string of the molecule is CCC(=O)N=C1C[C@H]2CC/C(=N\OCc3ccc(-c4ccno4)nc3)CC[C@](C)(C[C@H]1C)[C@H](O[C@@H]1O[C@H](C)C[C@H](N(C)C)[C@H]1O)[C@@H](C)C(=O)[C@@H](C)C(=O)O[C@H](CC)[C@@]2(C)O. The van der Waals surface area contributed by atoms with Crippen LogP contribution in [0.15, 0.2) is 45.3 Å². The molecular formula is C45H67N5O10. The molecule has 0 unspecified atom stereocenters. The summed E-state index contributed by atoms with van der Waals surface area (Å²) in [5.74, 6) is -3.72. The summed E-state index contributed by atoms with van der Waals surface area (Å²) in [6.07, 6.45) is 2.51. The number of aliphatic imine (C=N–C) groups is 1. The van der Waals surface area contributed by atoms with Crippen LogP contribution in [0, 0.1) is 29.1 Å². The lowest BCUT2D eigenvalue weighted by molar-refractivity contribution is -0.286. The average molecular weight is 838 g/mol. The zero-order valence-corrected chi connectivity index (χ0v) is 37.1. The van der Waals surface area contributed by atoms with Gasteiger partial charge in [-0.15, -0.1) is 0 Å². The van der Waals surface area contributed by atoms with E-state index in [1.807, 2.05) is 58.8 Å². The fourth-order valence-corrected chi connectivity index (χ4v) is 9.28. The number of oxime groups is 1. The lowest BCUT2D eigenvalue weighted by atomic mass is 9.67. The van der Waals surface area contributed by atoms with Crippen LogP contribution in [0.5, 0.6) is 0 Å². The fourth-order valence-electron chi connectivity index (χ4n) is 9.28. The molecule has 2 bridgehead atoms. The number of esters is 1. The fraction of sp³-hybridized carbons (Fsp3) is 0.711. The van der Waals surface area contributed by atoms with E-state index in [1.54, 1.807) is 39.2 Å². The molecule has 1 saturated carbocycles. The Balaban J connectivity index is 1.62. The summed E-state index contributed by atoms with van der Waals surface area (Å²) in [6, 6.07) is 5.17. The molecule has 3 fully saturated rings. The number of aliphatic hydroxyl groups excluding tert-OH is 1. The minimum Gasteiger partial charge on any atom is -0.459 e.